The highest BCUT2D eigenvalue weighted by Crippen LogP contribution is 2.45. The minimum absolute atomic E-state index is 0.167. The van der Waals surface area contributed by atoms with Crippen molar-refractivity contribution in [1.29, 1.82) is 0 Å². The molecule has 0 bridgehead atoms. The van der Waals surface area contributed by atoms with Crippen molar-refractivity contribution in [2.24, 2.45) is 0 Å². The van der Waals surface area contributed by atoms with E-state index in [2.05, 4.69) is 21.8 Å². The van der Waals surface area contributed by atoms with Gasteiger partial charge in [-0.2, -0.15) is 0 Å². The lowest BCUT2D eigenvalue weighted by Gasteiger charge is -2.47. The summed E-state index contributed by atoms with van der Waals surface area (Å²) in [6.07, 6.45) is 3.89. The second-order valence-corrected chi connectivity index (χ2v) is 11.9. The average Bonchev–Trinajstić information content (AvgIpc) is 3.07. The smallest absolute Gasteiger partial charge is 0.236 e. The van der Waals surface area contributed by atoms with Crippen LogP contribution >= 0.6 is 0 Å². The Morgan fingerprint density at radius 1 is 1.11 bits per heavy atom. The van der Waals surface area contributed by atoms with E-state index in [0.29, 0.717) is 12.2 Å². The van der Waals surface area contributed by atoms with Crippen LogP contribution in [0.4, 0.5) is 5.82 Å². The monoisotopic (exact) mass is 492 g/mol. The summed E-state index contributed by atoms with van der Waals surface area (Å²) in [4.78, 5) is 11.4. The zero-order valence-corrected chi connectivity index (χ0v) is 21.3. The molecular formula is C27H32N4O3S. The van der Waals surface area contributed by atoms with Gasteiger partial charge in [-0.15, -0.1) is 0 Å². The van der Waals surface area contributed by atoms with Crippen LogP contribution in [0.25, 0.3) is 11.3 Å². The molecular weight excluding hydrogens is 460 g/mol. The molecule has 2 atom stereocenters. The van der Waals surface area contributed by atoms with Gasteiger partial charge in [0.2, 0.25) is 10.0 Å². The molecule has 2 aliphatic rings. The van der Waals surface area contributed by atoms with Gasteiger partial charge in [-0.3, -0.25) is 9.88 Å². The molecule has 7 nitrogen and oxygen atoms in total. The van der Waals surface area contributed by atoms with Crippen LogP contribution in [-0.2, 0) is 16.6 Å². The number of benzene rings is 1. The molecule has 2 saturated heterocycles. The number of nitrogens with zero attached hydrogens (tertiary/aromatic N) is 4. The molecule has 2 fully saturated rings. The van der Waals surface area contributed by atoms with Gasteiger partial charge in [-0.1, -0.05) is 18.2 Å². The van der Waals surface area contributed by atoms with Gasteiger partial charge in [0.15, 0.2) is 0 Å². The minimum Gasteiger partial charge on any atom is -0.507 e. The van der Waals surface area contributed by atoms with Gasteiger partial charge < -0.3 is 5.11 Å². The average molecular weight is 493 g/mol. The lowest BCUT2D eigenvalue weighted by Crippen LogP contribution is -2.56. The van der Waals surface area contributed by atoms with Crippen LogP contribution in [0.3, 0.4) is 0 Å². The maximum atomic E-state index is 13.1. The van der Waals surface area contributed by atoms with E-state index in [-0.39, 0.29) is 17.5 Å². The molecule has 5 rings (SSSR count). The number of aromatic hydroxyl groups is 1. The van der Waals surface area contributed by atoms with Crippen LogP contribution in [0.1, 0.15) is 43.0 Å². The number of piperidine rings is 1. The van der Waals surface area contributed by atoms with E-state index in [9.17, 15) is 13.5 Å². The topological polar surface area (TPSA) is 86.6 Å². The Morgan fingerprint density at radius 2 is 1.94 bits per heavy atom. The lowest BCUT2D eigenvalue weighted by molar-refractivity contribution is 0.102. The molecule has 1 N–H and O–H groups in total. The van der Waals surface area contributed by atoms with E-state index in [4.69, 9.17) is 0 Å². The van der Waals surface area contributed by atoms with Gasteiger partial charge in [-0.25, -0.2) is 17.7 Å². The first-order valence-corrected chi connectivity index (χ1v) is 13.7. The number of sulfonamides is 1. The van der Waals surface area contributed by atoms with Crippen molar-refractivity contribution < 1.29 is 13.5 Å². The van der Waals surface area contributed by atoms with E-state index in [1.54, 1.807) is 16.6 Å². The number of phenols is 1. The first-order valence-electron chi connectivity index (χ1n) is 12.1. The molecule has 2 aromatic heterocycles. The van der Waals surface area contributed by atoms with Crippen molar-refractivity contribution in [3.63, 3.8) is 0 Å². The maximum Gasteiger partial charge on any atom is 0.236 e. The van der Waals surface area contributed by atoms with Gasteiger partial charge in [0.1, 0.15) is 11.6 Å². The van der Waals surface area contributed by atoms with E-state index < -0.39 is 15.6 Å². The second-order valence-electron chi connectivity index (χ2n) is 9.99. The summed E-state index contributed by atoms with van der Waals surface area (Å²) in [6, 6.07) is 15.4. The van der Waals surface area contributed by atoms with Gasteiger partial charge in [-0.05, 0) is 81.5 Å². The summed E-state index contributed by atoms with van der Waals surface area (Å²) in [5.41, 5.74) is 4.02. The summed E-state index contributed by atoms with van der Waals surface area (Å²) < 4.78 is 27.8. The van der Waals surface area contributed by atoms with Crippen molar-refractivity contribution in [2.75, 3.05) is 16.6 Å². The molecule has 1 spiro atoms. The van der Waals surface area contributed by atoms with Crippen molar-refractivity contribution in [2.45, 2.75) is 58.2 Å². The van der Waals surface area contributed by atoms with Gasteiger partial charge in [0, 0.05) is 36.6 Å². The fourth-order valence-electron chi connectivity index (χ4n) is 5.71. The van der Waals surface area contributed by atoms with Crippen molar-refractivity contribution in [1.82, 2.24) is 14.9 Å². The maximum absolute atomic E-state index is 13.1. The number of pyridine rings is 2. The summed E-state index contributed by atoms with van der Waals surface area (Å²) in [7, 11) is -3.39. The van der Waals surface area contributed by atoms with E-state index >= 15 is 0 Å². The second kappa shape index (κ2) is 8.91. The third-order valence-corrected chi connectivity index (χ3v) is 9.34. The largest absolute Gasteiger partial charge is 0.507 e. The molecule has 0 saturated carbocycles. The summed E-state index contributed by atoms with van der Waals surface area (Å²) in [6.45, 7) is 7.58. The molecule has 3 aromatic rings. The van der Waals surface area contributed by atoms with Crippen LogP contribution < -0.4 is 4.31 Å². The SMILES string of the molecule is Cc1cccc(N2[C@@]3(CCN(Cc4ccc(O)c(-c5ncccc5C)c4)[C@@H](C)C3)CCS2(=O)=O)n1. The third-order valence-electron chi connectivity index (χ3n) is 7.49. The number of anilines is 1. The summed E-state index contributed by atoms with van der Waals surface area (Å²) >= 11 is 0. The van der Waals surface area contributed by atoms with Crippen LogP contribution in [0, 0.1) is 13.8 Å². The van der Waals surface area contributed by atoms with Crippen LogP contribution in [-0.4, -0.2) is 52.3 Å². The molecule has 35 heavy (non-hydrogen) atoms. The summed E-state index contributed by atoms with van der Waals surface area (Å²) in [5, 5.41) is 10.5. The Labute approximate surface area is 207 Å². The standard InChI is InChI=1S/C27H32N4O3S/c1-19-6-5-13-28-26(19)23-16-22(9-10-24(23)32)18-30-14-11-27(17-21(30)3)12-15-35(33,34)31(27)25-8-4-7-20(2)29-25/h4-10,13,16,21,32H,11-12,14-15,17-18H2,1-3H3/t21-,27-/m0/s1. The quantitative estimate of drug-likeness (QED) is 0.580. The zero-order chi connectivity index (χ0) is 24.8. The van der Waals surface area contributed by atoms with Crippen molar-refractivity contribution in [3.05, 3.63) is 71.5 Å². The molecule has 0 radical (unpaired) electrons. The van der Waals surface area contributed by atoms with E-state index in [0.717, 1.165) is 54.0 Å². The Hall–Kier alpha value is -2.97. The van der Waals surface area contributed by atoms with Gasteiger partial charge in [0.05, 0.1) is 17.0 Å². The molecule has 0 unspecified atom stereocenters. The molecule has 184 valence electrons. The molecule has 4 heterocycles. The first kappa shape index (κ1) is 23.8. The van der Waals surface area contributed by atoms with Gasteiger partial charge in [0.25, 0.3) is 0 Å². The number of aromatic nitrogens is 2. The molecule has 0 aliphatic carbocycles. The van der Waals surface area contributed by atoms with Crippen LogP contribution in [0.15, 0.2) is 54.7 Å². The molecule has 8 heteroatoms. The highest BCUT2D eigenvalue weighted by Gasteiger charge is 2.53. The molecule has 0 amide bonds. The predicted octanol–water partition coefficient (Wildman–Crippen LogP) is 4.43. The molecule has 2 aliphatic heterocycles. The van der Waals surface area contributed by atoms with Crippen LogP contribution in [0.2, 0.25) is 0 Å². The van der Waals surface area contributed by atoms with Crippen LogP contribution in [0.5, 0.6) is 5.75 Å². The fraction of sp³-hybridized carbons (Fsp3) is 0.407. The number of hydrogen-bond donors (Lipinski definition) is 1. The summed E-state index contributed by atoms with van der Waals surface area (Å²) in [5.74, 6) is 0.927. The number of aryl methyl sites for hydroxylation is 2. The minimum atomic E-state index is -3.39. The Bertz CT molecular complexity index is 1360. The third kappa shape index (κ3) is 4.41. The first-order chi connectivity index (χ1) is 16.7. The molecule has 1 aromatic carbocycles. The number of likely N-dealkylation sites (tertiary alicyclic amines) is 1. The van der Waals surface area contributed by atoms with E-state index in [1.165, 1.54) is 0 Å². The number of rotatable bonds is 4. The normalized spacial score (nSPS) is 24.2. The predicted molar refractivity (Wildman–Crippen MR) is 138 cm³/mol. The van der Waals surface area contributed by atoms with Gasteiger partial charge >= 0.3 is 0 Å². The van der Waals surface area contributed by atoms with E-state index in [1.807, 2.05) is 56.3 Å². The lowest BCUT2D eigenvalue weighted by atomic mass is 9.81. The zero-order valence-electron chi connectivity index (χ0n) is 20.5. The Morgan fingerprint density at radius 3 is 2.69 bits per heavy atom. The Balaban J connectivity index is 1.38. The Kier molecular flexibility index (Phi) is 6.05. The van der Waals surface area contributed by atoms with Crippen molar-refractivity contribution in [3.8, 4) is 17.0 Å². The highest BCUT2D eigenvalue weighted by molar-refractivity contribution is 7.93. The number of phenolic OH excluding ortho intramolecular Hbond substituents is 1. The fourth-order valence-corrected chi connectivity index (χ4v) is 7.76. The highest BCUT2D eigenvalue weighted by atomic mass is 32.2. The van der Waals surface area contributed by atoms with Crippen molar-refractivity contribution >= 4 is 15.8 Å². The number of hydrogen-bond acceptors (Lipinski definition) is 6.